The molecule has 0 saturated carbocycles. The van der Waals surface area contributed by atoms with Gasteiger partial charge in [0.05, 0.1) is 17.6 Å². The molecule has 0 radical (unpaired) electrons. The Labute approximate surface area is 93.4 Å². The maximum absolute atomic E-state index is 9.18. The van der Waals surface area contributed by atoms with Gasteiger partial charge in [0.2, 0.25) is 0 Å². The molecule has 0 spiro atoms. The Bertz CT molecular complexity index is 355. The molecule has 0 bridgehead atoms. The van der Waals surface area contributed by atoms with Crippen LogP contribution in [-0.2, 0) is 9.53 Å². The van der Waals surface area contributed by atoms with Crippen molar-refractivity contribution in [3.05, 3.63) is 36.7 Å². The van der Waals surface area contributed by atoms with Crippen molar-refractivity contribution in [2.24, 2.45) is 0 Å². The van der Waals surface area contributed by atoms with E-state index in [1.165, 1.54) is 0 Å². The van der Waals surface area contributed by atoms with Gasteiger partial charge in [-0.2, -0.15) is 0 Å². The predicted octanol–water partition coefficient (Wildman–Crippen LogP) is 0.984. The second-order valence-electron chi connectivity index (χ2n) is 2.60. The number of carbonyl (C=O) groups is 1. The number of carbonyl (C=O) groups excluding carboxylic acids is 1. The minimum absolute atomic E-state index is 0. The third-order valence-electron chi connectivity index (χ3n) is 1.61. The fraction of sp³-hybridized carbons (Fsp3) is 0.182. The van der Waals surface area contributed by atoms with Crippen LogP contribution in [0.1, 0.15) is 6.92 Å². The van der Waals surface area contributed by atoms with Gasteiger partial charge in [0.25, 0.3) is 6.47 Å². The molecule has 0 fully saturated rings. The van der Waals surface area contributed by atoms with Crippen molar-refractivity contribution in [3.63, 3.8) is 0 Å². The van der Waals surface area contributed by atoms with Crippen LogP contribution in [0.5, 0.6) is 0 Å². The van der Waals surface area contributed by atoms with Crippen molar-refractivity contribution in [1.29, 1.82) is 0 Å². The smallest absolute Gasteiger partial charge is 0.293 e. The Morgan fingerprint density at radius 1 is 1.19 bits per heavy atom. The maximum atomic E-state index is 9.18. The average Bonchev–Trinajstić information content (AvgIpc) is 2.31. The highest BCUT2D eigenvalue weighted by molar-refractivity contribution is 5.72. The fourth-order valence-corrected chi connectivity index (χ4v) is 0.978. The highest BCUT2D eigenvalue weighted by Crippen LogP contribution is 2.04. The molecule has 0 aliphatic carbocycles. The summed E-state index contributed by atoms with van der Waals surface area (Å²) < 4.78 is 4.15. The molecule has 86 valence electrons. The maximum Gasteiger partial charge on any atom is 0.293 e. The van der Waals surface area contributed by atoms with Crippen molar-refractivity contribution < 1.29 is 15.0 Å². The molecule has 1 aromatic heterocycles. The lowest BCUT2D eigenvalue weighted by Crippen LogP contribution is -1.80. The number of fused-ring (bicyclic) bond motifs is 1. The molecule has 2 N–H and O–H groups in total. The average molecular weight is 222 g/mol. The van der Waals surface area contributed by atoms with Crippen molar-refractivity contribution in [2.45, 2.75) is 6.92 Å². The summed E-state index contributed by atoms with van der Waals surface area (Å²) in [5.74, 6) is 0. The zero-order valence-corrected chi connectivity index (χ0v) is 8.96. The van der Waals surface area contributed by atoms with Crippen LogP contribution in [0.2, 0.25) is 0 Å². The molecular weight excluding hydrogens is 208 g/mol. The largest absolute Gasteiger partial charge is 0.468 e. The molecule has 1 aromatic carbocycles. The van der Waals surface area contributed by atoms with E-state index < -0.39 is 0 Å². The molecular formula is C11H14N2O3. The van der Waals surface area contributed by atoms with Crippen LogP contribution >= 0.6 is 0 Å². The first-order chi connectivity index (χ1) is 7.38. The number of ether oxygens (including phenoxy) is 1. The van der Waals surface area contributed by atoms with Crippen molar-refractivity contribution in [1.82, 2.24) is 9.97 Å². The zero-order chi connectivity index (χ0) is 10.9. The quantitative estimate of drug-likeness (QED) is 0.709. The molecule has 0 unspecified atom stereocenters. The lowest BCUT2D eigenvalue weighted by Gasteiger charge is -1.90. The van der Waals surface area contributed by atoms with Crippen LogP contribution in [0.15, 0.2) is 36.7 Å². The van der Waals surface area contributed by atoms with Gasteiger partial charge in [-0.3, -0.25) is 14.8 Å². The number of benzene rings is 1. The normalized spacial score (nSPS) is 8.31. The van der Waals surface area contributed by atoms with Gasteiger partial charge < -0.3 is 10.2 Å². The zero-order valence-electron chi connectivity index (χ0n) is 8.96. The molecule has 1 heterocycles. The van der Waals surface area contributed by atoms with Crippen LogP contribution in [0.4, 0.5) is 0 Å². The van der Waals surface area contributed by atoms with E-state index in [0.29, 0.717) is 13.1 Å². The summed E-state index contributed by atoms with van der Waals surface area (Å²) >= 11 is 0. The molecule has 16 heavy (non-hydrogen) atoms. The molecule has 2 aromatic rings. The van der Waals surface area contributed by atoms with Gasteiger partial charge in [-0.15, -0.1) is 0 Å². The number of hydrogen-bond donors (Lipinski definition) is 0. The number of rotatable bonds is 2. The Hall–Kier alpha value is -2.01. The number of para-hydroxylation sites is 2. The predicted molar refractivity (Wildman–Crippen MR) is 60.8 cm³/mol. The summed E-state index contributed by atoms with van der Waals surface area (Å²) in [6.45, 7) is 2.66. The van der Waals surface area contributed by atoms with Crippen LogP contribution in [0.25, 0.3) is 11.0 Å². The second kappa shape index (κ2) is 8.31. The Balaban J connectivity index is 0.000000330. The summed E-state index contributed by atoms with van der Waals surface area (Å²) in [6, 6.07) is 7.80. The van der Waals surface area contributed by atoms with Crippen molar-refractivity contribution >= 4 is 17.5 Å². The van der Waals surface area contributed by atoms with Gasteiger partial charge in [-0.05, 0) is 19.1 Å². The van der Waals surface area contributed by atoms with Crippen LogP contribution < -0.4 is 0 Å². The SMILES string of the molecule is CCOC=O.O.c1ccc2nccnc2c1. The van der Waals surface area contributed by atoms with E-state index in [2.05, 4.69) is 14.7 Å². The third-order valence-corrected chi connectivity index (χ3v) is 1.61. The van der Waals surface area contributed by atoms with E-state index in [9.17, 15) is 4.79 Å². The summed E-state index contributed by atoms with van der Waals surface area (Å²) in [7, 11) is 0. The lowest BCUT2D eigenvalue weighted by molar-refractivity contribution is -0.128. The van der Waals surface area contributed by atoms with E-state index >= 15 is 0 Å². The van der Waals surface area contributed by atoms with Gasteiger partial charge in [0.15, 0.2) is 0 Å². The molecule has 0 aliphatic heterocycles. The molecule has 0 atom stereocenters. The Kier molecular flexibility index (Phi) is 7.27. The molecule has 2 rings (SSSR count). The Morgan fingerprint density at radius 2 is 1.69 bits per heavy atom. The monoisotopic (exact) mass is 222 g/mol. The topological polar surface area (TPSA) is 83.6 Å². The van der Waals surface area contributed by atoms with Gasteiger partial charge in [0.1, 0.15) is 0 Å². The first-order valence-electron chi connectivity index (χ1n) is 4.59. The second-order valence-corrected chi connectivity index (χ2v) is 2.60. The van der Waals surface area contributed by atoms with Gasteiger partial charge in [-0.25, -0.2) is 0 Å². The minimum atomic E-state index is 0. The van der Waals surface area contributed by atoms with Gasteiger partial charge >= 0.3 is 0 Å². The minimum Gasteiger partial charge on any atom is -0.468 e. The summed E-state index contributed by atoms with van der Waals surface area (Å²) in [4.78, 5) is 17.4. The van der Waals surface area contributed by atoms with Gasteiger partial charge in [-0.1, -0.05) is 12.1 Å². The summed E-state index contributed by atoms with van der Waals surface area (Å²) in [5.41, 5.74) is 1.90. The molecule has 5 nitrogen and oxygen atoms in total. The van der Waals surface area contributed by atoms with E-state index in [4.69, 9.17) is 0 Å². The summed E-state index contributed by atoms with van der Waals surface area (Å²) in [6.07, 6.45) is 3.39. The first kappa shape index (κ1) is 14.0. The standard InChI is InChI=1S/C8H6N2.C3H6O2.H2O/c1-2-4-8-7(3-1)9-5-6-10-8;1-2-5-3-4;/h1-6H;3H,2H2,1H3;1H2. The van der Waals surface area contributed by atoms with Crippen LogP contribution in [-0.4, -0.2) is 28.5 Å². The number of nitrogens with zero attached hydrogens (tertiary/aromatic N) is 2. The van der Waals surface area contributed by atoms with Crippen molar-refractivity contribution in [2.75, 3.05) is 6.61 Å². The van der Waals surface area contributed by atoms with E-state index in [1.54, 1.807) is 19.3 Å². The molecule has 5 heteroatoms. The lowest BCUT2D eigenvalue weighted by atomic mass is 10.3. The highest BCUT2D eigenvalue weighted by Gasteiger charge is 1.88. The number of hydrogen-bond acceptors (Lipinski definition) is 4. The van der Waals surface area contributed by atoms with Gasteiger partial charge in [0, 0.05) is 12.4 Å². The van der Waals surface area contributed by atoms with Crippen molar-refractivity contribution in [3.8, 4) is 0 Å². The third kappa shape index (κ3) is 4.47. The fourth-order valence-electron chi connectivity index (χ4n) is 0.978. The van der Waals surface area contributed by atoms with Crippen LogP contribution in [0, 0.1) is 0 Å². The van der Waals surface area contributed by atoms with E-state index in [-0.39, 0.29) is 5.48 Å². The van der Waals surface area contributed by atoms with Crippen LogP contribution in [0.3, 0.4) is 0 Å². The molecule has 0 saturated heterocycles. The molecule has 0 aliphatic rings. The summed E-state index contributed by atoms with van der Waals surface area (Å²) in [5, 5.41) is 0. The molecule has 0 amide bonds. The van der Waals surface area contributed by atoms with E-state index in [0.717, 1.165) is 11.0 Å². The highest BCUT2D eigenvalue weighted by atomic mass is 16.5. The first-order valence-corrected chi connectivity index (χ1v) is 4.59. The Morgan fingerprint density at radius 3 is 2.00 bits per heavy atom. The number of aromatic nitrogens is 2. The van der Waals surface area contributed by atoms with E-state index in [1.807, 2.05) is 24.3 Å².